The maximum atomic E-state index is 12.1. The van der Waals surface area contributed by atoms with E-state index in [1.165, 1.54) is 7.41 Å². The van der Waals surface area contributed by atoms with Gasteiger partial charge in [-0.05, 0) is 72.4 Å². The molecule has 2 aliphatic rings. The molecule has 0 saturated carbocycles. The first kappa shape index (κ1) is 32.7. The average molecular weight is 642 g/mol. The average Bonchev–Trinajstić information content (AvgIpc) is 3.55. The molecule has 3 heterocycles. The van der Waals surface area contributed by atoms with E-state index in [9.17, 15) is 14.9 Å². The number of amides is 1. The molecule has 9 nitrogen and oxygen atoms in total. The number of aromatic nitrogens is 2. The molecule has 1 N–H and O–H groups in total. The second kappa shape index (κ2) is 11.9. The van der Waals surface area contributed by atoms with Crippen LogP contribution in [0, 0.1) is 18.3 Å². The van der Waals surface area contributed by atoms with Crippen molar-refractivity contribution < 1.29 is 14.0 Å². The Hall–Kier alpha value is -3.72. The molecule has 1 radical (unpaired) electrons. The van der Waals surface area contributed by atoms with Crippen LogP contribution in [0.1, 0.15) is 56.9 Å². The largest absolute Gasteiger partial charge is 0.416 e. The monoisotopic (exact) mass is 641 g/mol. The highest BCUT2D eigenvalue weighted by atomic mass is 35.5. The minimum absolute atomic E-state index is 0.0345. The van der Waals surface area contributed by atoms with Gasteiger partial charge in [-0.1, -0.05) is 39.3 Å². The van der Waals surface area contributed by atoms with Gasteiger partial charge in [0, 0.05) is 55.2 Å². The summed E-state index contributed by atoms with van der Waals surface area (Å²) in [6, 6.07) is 9.84. The lowest BCUT2D eigenvalue weighted by Crippen LogP contribution is -2.46. The maximum absolute atomic E-state index is 12.1. The molecule has 2 aromatic carbocycles. The van der Waals surface area contributed by atoms with Gasteiger partial charge in [-0.3, -0.25) is 4.79 Å². The first-order chi connectivity index (χ1) is 21.1. The molecule has 0 fully saturated rings. The summed E-state index contributed by atoms with van der Waals surface area (Å²) in [6.45, 7) is 18.3. The fourth-order valence-electron chi connectivity index (χ4n) is 5.92. The quantitative estimate of drug-likeness (QED) is 0.218. The zero-order valence-electron chi connectivity index (χ0n) is 27.2. The Labute approximate surface area is 272 Å². The SMILES string of the molecule is CC(=O)N1CCc2c(C)c(Nc3nccc(-c4cc(C#N)c5c(c4)C(C)(CO[Si](C)(C)C(C)(C)C)CN5[B]C=O)n3)cc(Cl)c21. The van der Waals surface area contributed by atoms with Crippen LogP contribution in [0.2, 0.25) is 23.2 Å². The van der Waals surface area contributed by atoms with Gasteiger partial charge in [0.25, 0.3) is 0 Å². The van der Waals surface area contributed by atoms with Crippen LogP contribution in [0.5, 0.6) is 0 Å². The summed E-state index contributed by atoms with van der Waals surface area (Å²) in [5.41, 5.74) is 6.63. The molecular weight excluding hydrogens is 603 g/mol. The third-order valence-corrected chi connectivity index (χ3v) is 14.3. The summed E-state index contributed by atoms with van der Waals surface area (Å²) in [6.07, 6.45) is 3.16. The number of benzene rings is 2. The van der Waals surface area contributed by atoms with Gasteiger partial charge < -0.3 is 24.2 Å². The molecule has 1 amide bonds. The van der Waals surface area contributed by atoms with Crippen LogP contribution in [0.4, 0.5) is 23.0 Å². The molecule has 45 heavy (non-hydrogen) atoms. The van der Waals surface area contributed by atoms with E-state index in [0.29, 0.717) is 41.9 Å². The molecule has 0 bridgehead atoms. The predicted molar refractivity (Wildman–Crippen MR) is 184 cm³/mol. The van der Waals surface area contributed by atoms with Gasteiger partial charge in [0.05, 0.1) is 22.0 Å². The number of nitrogens with zero attached hydrogens (tertiary/aromatic N) is 5. The van der Waals surface area contributed by atoms with Crippen molar-refractivity contribution in [3.63, 3.8) is 0 Å². The van der Waals surface area contributed by atoms with E-state index in [1.807, 2.05) is 29.9 Å². The highest BCUT2D eigenvalue weighted by Gasteiger charge is 2.44. The third-order valence-electron chi connectivity index (χ3n) is 9.56. The molecule has 0 spiro atoms. The predicted octanol–water partition coefficient (Wildman–Crippen LogP) is 6.54. The summed E-state index contributed by atoms with van der Waals surface area (Å²) in [5.74, 6) is 0.347. The van der Waals surface area contributed by atoms with E-state index in [2.05, 4.69) is 63.2 Å². The minimum atomic E-state index is -2.07. The first-order valence-corrected chi connectivity index (χ1v) is 18.4. The van der Waals surface area contributed by atoms with Crippen molar-refractivity contribution in [2.75, 3.05) is 34.7 Å². The maximum Gasteiger partial charge on any atom is 0.329 e. The molecule has 1 aromatic heterocycles. The minimum Gasteiger partial charge on any atom is -0.416 e. The molecule has 1 atom stereocenters. The van der Waals surface area contributed by atoms with Gasteiger partial charge >= 0.3 is 7.41 Å². The van der Waals surface area contributed by atoms with Crippen molar-refractivity contribution in [3.8, 4) is 17.3 Å². The zero-order valence-corrected chi connectivity index (χ0v) is 29.0. The Bertz CT molecular complexity index is 1740. The number of halogens is 1. The van der Waals surface area contributed by atoms with Gasteiger partial charge in [0.1, 0.15) is 12.3 Å². The number of hydrogen-bond donors (Lipinski definition) is 1. The molecule has 3 aromatic rings. The summed E-state index contributed by atoms with van der Waals surface area (Å²) in [7, 11) is -0.582. The molecule has 233 valence electrons. The number of anilines is 4. The van der Waals surface area contributed by atoms with Crippen LogP contribution in [0.15, 0.2) is 30.5 Å². The fraction of sp³-hybridized carbons (Fsp3) is 0.424. The smallest absolute Gasteiger partial charge is 0.329 e. The zero-order chi connectivity index (χ0) is 32.9. The van der Waals surface area contributed by atoms with Crippen molar-refractivity contribution >= 4 is 62.4 Å². The molecule has 12 heteroatoms. The standard InChI is InChI=1S/C33H39BClN6O3Si/c1-20-24-10-12-40(21(2)43)30(24)26(35)15-28(20)39-31-37-11-9-27(38-31)22-13-23(16-36)29-25(14-22)33(6,17-41(29)34-19-42)18-44-45(7,8)32(3,4)5/h9,11,13-15,19H,10,12,17-18H2,1-8H3,(H,37,38,39). The summed E-state index contributed by atoms with van der Waals surface area (Å²) >= 11 is 6.66. The number of hydrogen-bond acceptors (Lipinski definition) is 8. The van der Waals surface area contributed by atoms with Crippen molar-refractivity contribution in [2.24, 2.45) is 0 Å². The van der Waals surface area contributed by atoms with Gasteiger partial charge in [-0.15, -0.1) is 0 Å². The van der Waals surface area contributed by atoms with E-state index in [4.69, 9.17) is 21.0 Å². The van der Waals surface area contributed by atoms with Crippen molar-refractivity contribution in [2.45, 2.75) is 71.5 Å². The second-order valence-electron chi connectivity index (χ2n) is 13.7. The third kappa shape index (κ3) is 5.99. The van der Waals surface area contributed by atoms with Crippen molar-refractivity contribution in [3.05, 3.63) is 57.7 Å². The number of carbonyl (C=O) groups is 2. The van der Waals surface area contributed by atoms with Crippen LogP contribution < -0.4 is 15.0 Å². The first-order valence-electron chi connectivity index (χ1n) is 15.1. The Morgan fingerprint density at radius 3 is 2.67 bits per heavy atom. The highest BCUT2D eigenvalue weighted by Crippen LogP contribution is 2.46. The molecular formula is C33H39BClN6O3Si. The second-order valence-corrected chi connectivity index (χ2v) is 18.9. The normalized spacial score (nSPS) is 17.5. The lowest BCUT2D eigenvalue weighted by Gasteiger charge is -2.39. The molecule has 0 saturated heterocycles. The molecule has 1 unspecified atom stereocenters. The van der Waals surface area contributed by atoms with E-state index in [1.54, 1.807) is 18.0 Å². The molecule has 0 aliphatic carbocycles. The van der Waals surface area contributed by atoms with Gasteiger partial charge in [-0.25, -0.2) is 9.97 Å². The van der Waals surface area contributed by atoms with Crippen molar-refractivity contribution in [1.29, 1.82) is 5.26 Å². The van der Waals surface area contributed by atoms with Crippen LogP contribution in [0.3, 0.4) is 0 Å². The van der Waals surface area contributed by atoms with Gasteiger partial charge in [0.15, 0.2) is 8.32 Å². The highest BCUT2D eigenvalue weighted by molar-refractivity contribution is 6.74. The summed E-state index contributed by atoms with van der Waals surface area (Å²) in [5, 5.41) is 14.1. The van der Waals surface area contributed by atoms with E-state index < -0.39 is 13.7 Å². The topological polar surface area (TPSA) is 111 Å². The van der Waals surface area contributed by atoms with E-state index >= 15 is 0 Å². The van der Waals surface area contributed by atoms with Crippen LogP contribution in [-0.2, 0) is 25.9 Å². The summed E-state index contributed by atoms with van der Waals surface area (Å²) < 4.78 is 6.70. The lowest BCUT2D eigenvalue weighted by molar-refractivity contribution is -0.116. The molecule has 5 rings (SSSR count). The number of nitriles is 1. The number of fused-ring (bicyclic) bond motifs is 2. The van der Waals surface area contributed by atoms with E-state index in [-0.39, 0.29) is 10.9 Å². The van der Waals surface area contributed by atoms with E-state index in [0.717, 1.165) is 51.9 Å². The Balaban J connectivity index is 1.52. The fourth-order valence-corrected chi connectivity index (χ4v) is 7.36. The van der Waals surface area contributed by atoms with Gasteiger partial charge in [-0.2, -0.15) is 5.26 Å². The Kier molecular flexibility index (Phi) is 8.64. The lowest BCUT2D eigenvalue weighted by atomic mass is 9.83. The Morgan fingerprint density at radius 2 is 2.02 bits per heavy atom. The van der Waals surface area contributed by atoms with Crippen LogP contribution >= 0.6 is 11.6 Å². The molecule has 2 aliphatic heterocycles. The number of carbonyl (C=O) groups excluding carboxylic acids is 2. The van der Waals surface area contributed by atoms with Crippen LogP contribution in [-0.4, -0.2) is 57.5 Å². The number of rotatable bonds is 8. The Morgan fingerprint density at radius 1 is 1.29 bits per heavy atom. The van der Waals surface area contributed by atoms with Crippen molar-refractivity contribution in [1.82, 2.24) is 9.97 Å². The van der Waals surface area contributed by atoms with Gasteiger partial charge in [0.2, 0.25) is 11.9 Å². The van der Waals surface area contributed by atoms with Crippen LogP contribution in [0.25, 0.3) is 11.3 Å². The summed E-state index contributed by atoms with van der Waals surface area (Å²) in [4.78, 5) is 36.6. The number of nitrogens with one attached hydrogen (secondary N) is 1.